The van der Waals surface area contributed by atoms with Crippen LogP contribution in [0.1, 0.15) is 11.1 Å². The lowest BCUT2D eigenvalue weighted by atomic mass is 10.0. The molecule has 0 unspecified atom stereocenters. The molecule has 0 fully saturated rings. The molecule has 0 spiro atoms. The Morgan fingerprint density at radius 1 is 1.20 bits per heavy atom. The summed E-state index contributed by atoms with van der Waals surface area (Å²) in [5.74, 6) is 0. The van der Waals surface area contributed by atoms with Crippen LogP contribution in [0.4, 0.5) is 5.69 Å². The highest BCUT2D eigenvalue weighted by Crippen LogP contribution is 2.25. The van der Waals surface area contributed by atoms with E-state index in [1.807, 2.05) is 12.1 Å². The van der Waals surface area contributed by atoms with E-state index in [2.05, 4.69) is 22.0 Å². The Labute approximate surface area is 124 Å². The van der Waals surface area contributed by atoms with Gasteiger partial charge >= 0.3 is 0 Å². The van der Waals surface area contributed by atoms with Gasteiger partial charge in [0, 0.05) is 10.5 Å². The van der Waals surface area contributed by atoms with Gasteiger partial charge < -0.3 is 0 Å². The van der Waals surface area contributed by atoms with E-state index < -0.39 is 4.92 Å². The summed E-state index contributed by atoms with van der Waals surface area (Å²) in [6.45, 7) is 0. The Bertz CT molecular complexity index is 715. The highest BCUT2D eigenvalue weighted by molar-refractivity contribution is 9.10. The lowest BCUT2D eigenvalue weighted by molar-refractivity contribution is -0.385. The van der Waals surface area contributed by atoms with Gasteiger partial charge in [-0.1, -0.05) is 40.2 Å². The smallest absolute Gasteiger partial charge is 0.258 e. The maximum absolute atomic E-state index is 11.0. The fraction of sp³-hybridized carbons (Fsp3) is 0. The molecule has 0 atom stereocenters. The van der Waals surface area contributed by atoms with Crippen LogP contribution in [-0.4, -0.2) is 4.92 Å². The number of hydrogen-bond donors (Lipinski definition) is 0. The molecule has 2 rings (SSSR count). The summed E-state index contributed by atoms with van der Waals surface area (Å²) in [5.41, 5.74) is 1.50. The first-order valence-corrected chi connectivity index (χ1v) is 6.52. The van der Waals surface area contributed by atoms with E-state index in [4.69, 9.17) is 0 Å². The van der Waals surface area contributed by atoms with E-state index in [9.17, 15) is 15.4 Å². The summed E-state index contributed by atoms with van der Waals surface area (Å²) in [7, 11) is 0. The number of para-hydroxylation sites is 1. The van der Waals surface area contributed by atoms with Crippen LogP contribution in [0.15, 0.2) is 53.0 Å². The fourth-order valence-corrected chi connectivity index (χ4v) is 2.01. The molecular weight excluding hydrogens is 320 g/mol. The molecule has 0 heterocycles. The number of nitro groups is 1. The van der Waals surface area contributed by atoms with Crippen molar-refractivity contribution in [2.24, 2.45) is 0 Å². The lowest BCUT2D eigenvalue weighted by Gasteiger charge is -2.01. The van der Waals surface area contributed by atoms with E-state index in [-0.39, 0.29) is 5.69 Å². The molecule has 0 N–H and O–H groups in total. The molecule has 0 aliphatic carbocycles. The summed E-state index contributed by atoms with van der Waals surface area (Å²) in [5, 5.41) is 20.2. The van der Waals surface area contributed by atoms with Gasteiger partial charge in [-0.25, -0.2) is 0 Å². The molecule has 5 heteroatoms. The van der Waals surface area contributed by atoms with E-state index in [1.165, 1.54) is 12.1 Å². The van der Waals surface area contributed by atoms with E-state index in [0.717, 1.165) is 4.47 Å². The third kappa shape index (κ3) is 3.11. The number of nitrogens with zero attached hydrogens (tertiary/aromatic N) is 2. The second kappa shape index (κ2) is 6.13. The van der Waals surface area contributed by atoms with Crippen molar-refractivity contribution in [1.29, 1.82) is 5.26 Å². The van der Waals surface area contributed by atoms with Gasteiger partial charge in [-0.15, -0.1) is 0 Å². The van der Waals surface area contributed by atoms with Crippen molar-refractivity contribution < 1.29 is 4.92 Å². The molecule has 2 aromatic rings. The molecule has 0 aliphatic rings. The number of hydrogen-bond acceptors (Lipinski definition) is 3. The third-order valence-corrected chi connectivity index (χ3v) is 3.24. The van der Waals surface area contributed by atoms with Crippen LogP contribution < -0.4 is 0 Å². The normalized spacial score (nSPS) is 10.9. The van der Waals surface area contributed by atoms with Gasteiger partial charge in [0.25, 0.3) is 5.69 Å². The first-order chi connectivity index (χ1) is 9.61. The standard InChI is InChI=1S/C15H9BrN2O2/c16-14-7-5-11(6-8-14)13(10-17)9-12-3-1-2-4-15(12)18(19)20/h1-9H/b13-9-. The summed E-state index contributed by atoms with van der Waals surface area (Å²) in [6.07, 6.45) is 1.53. The molecule has 0 aliphatic heterocycles. The molecule has 0 radical (unpaired) electrons. The van der Waals surface area contributed by atoms with Gasteiger partial charge in [-0.05, 0) is 29.8 Å². The van der Waals surface area contributed by atoms with E-state index >= 15 is 0 Å². The Morgan fingerprint density at radius 2 is 1.85 bits per heavy atom. The first kappa shape index (κ1) is 14.0. The van der Waals surface area contributed by atoms with Crippen molar-refractivity contribution >= 4 is 33.3 Å². The first-order valence-electron chi connectivity index (χ1n) is 5.73. The second-order valence-electron chi connectivity index (χ2n) is 3.99. The number of halogens is 1. The van der Waals surface area contributed by atoms with Gasteiger partial charge in [0.2, 0.25) is 0 Å². The topological polar surface area (TPSA) is 66.9 Å². The van der Waals surface area contributed by atoms with Crippen molar-refractivity contribution in [2.75, 3.05) is 0 Å². The predicted molar refractivity (Wildman–Crippen MR) is 80.7 cm³/mol. The minimum absolute atomic E-state index is 0.0163. The molecular formula is C15H9BrN2O2. The second-order valence-corrected chi connectivity index (χ2v) is 4.91. The van der Waals surface area contributed by atoms with Crippen LogP contribution >= 0.6 is 15.9 Å². The largest absolute Gasteiger partial charge is 0.276 e. The molecule has 4 nitrogen and oxygen atoms in total. The molecule has 98 valence electrons. The zero-order chi connectivity index (χ0) is 14.5. The van der Waals surface area contributed by atoms with Crippen LogP contribution in [-0.2, 0) is 0 Å². The minimum atomic E-state index is -0.456. The molecule has 2 aromatic carbocycles. The molecule has 0 amide bonds. The number of benzene rings is 2. The Hall–Kier alpha value is -2.45. The zero-order valence-electron chi connectivity index (χ0n) is 10.3. The predicted octanol–water partition coefficient (Wildman–Crippen LogP) is 4.42. The number of rotatable bonds is 3. The summed E-state index contributed by atoms with van der Waals surface area (Å²) in [4.78, 5) is 10.5. The molecule has 0 bridgehead atoms. The molecule has 20 heavy (non-hydrogen) atoms. The SMILES string of the molecule is N#C/C(=C/c1ccccc1[N+](=O)[O-])c1ccc(Br)cc1. The van der Waals surface area contributed by atoms with Crippen molar-refractivity contribution in [1.82, 2.24) is 0 Å². The van der Waals surface area contributed by atoms with Crippen LogP contribution in [0, 0.1) is 21.4 Å². The average Bonchev–Trinajstić information content (AvgIpc) is 2.46. The van der Waals surface area contributed by atoms with Crippen LogP contribution in [0.3, 0.4) is 0 Å². The van der Waals surface area contributed by atoms with Crippen LogP contribution in [0.5, 0.6) is 0 Å². The van der Waals surface area contributed by atoms with Crippen molar-refractivity contribution in [3.63, 3.8) is 0 Å². The van der Waals surface area contributed by atoms with E-state index in [1.54, 1.807) is 30.3 Å². The van der Waals surface area contributed by atoms with Crippen LogP contribution in [0.2, 0.25) is 0 Å². The third-order valence-electron chi connectivity index (χ3n) is 2.71. The maximum Gasteiger partial charge on any atom is 0.276 e. The Balaban J connectivity index is 2.50. The zero-order valence-corrected chi connectivity index (χ0v) is 11.9. The van der Waals surface area contributed by atoms with Gasteiger partial charge in [0.15, 0.2) is 0 Å². The maximum atomic E-state index is 11.0. The molecule has 0 saturated heterocycles. The lowest BCUT2D eigenvalue weighted by Crippen LogP contribution is -1.91. The van der Waals surface area contributed by atoms with Crippen molar-refractivity contribution in [2.45, 2.75) is 0 Å². The van der Waals surface area contributed by atoms with Gasteiger partial charge in [-0.3, -0.25) is 10.1 Å². The number of nitriles is 1. The Morgan fingerprint density at radius 3 is 2.45 bits per heavy atom. The van der Waals surface area contributed by atoms with Gasteiger partial charge in [0.05, 0.1) is 22.1 Å². The average molecular weight is 329 g/mol. The number of allylic oxidation sites excluding steroid dienone is 1. The van der Waals surface area contributed by atoms with E-state index in [0.29, 0.717) is 16.7 Å². The fourth-order valence-electron chi connectivity index (χ4n) is 1.74. The Kier molecular flexibility index (Phi) is 4.28. The van der Waals surface area contributed by atoms with Crippen molar-refractivity contribution in [3.8, 4) is 6.07 Å². The van der Waals surface area contributed by atoms with Crippen molar-refractivity contribution in [3.05, 3.63) is 74.2 Å². The summed E-state index contributed by atoms with van der Waals surface area (Å²) >= 11 is 3.32. The van der Waals surface area contributed by atoms with Gasteiger partial charge in [0.1, 0.15) is 0 Å². The molecule has 0 saturated carbocycles. The monoisotopic (exact) mass is 328 g/mol. The quantitative estimate of drug-likeness (QED) is 0.362. The number of nitro benzene ring substituents is 1. The molecule has 0 aromatic heterocycles. The highest BCUT2D eigenvalue weighted by Gasteiger charge is 2.11. The van der Waals surface area contributed by atoms with Gasteiger partial charge in [-0.2, -0.15) is 5.26 Å². The van der Waals surface area contributed by atoms with Crippen LogP contribution in [0.25, 0.3) is 11.6 Å². The summed E-state index contributed by atoms with van der Waals surface area (Å²) < 4.78 is 0.907. The summed E-state index contributed by atoms with van der Waals surface area (Å²) in [6, 6.07) is 15.6. The minimum Gasteiger partial charge on any atom is -0.258 e. The highest BCUT2D eigenvalue weighted by atomic mass is 79.9.